The first-order valence-corrected chi connectivity index (χ1v) is 10.4. The van der Waals surface area contributed by atoms with Crippen LogP contribution in [-0.4, -0.2) is 34.3 Å². The Bertz CT molecular complexity index is 1140. The first-order chi connectivity index (χ1) is 14.1. The summed E-state index contributed by atoms with van der Waals surface area (Å²) >= 11 is 9.85. The Hall–Kier alpha value is -2.64. The third-order valence-corrected chi connectivity index (χ3v) is 5.62. The number of para-hydroxylation sites is 1. The van der Waals surface area contributed by atoms with Crippen LogP contribution in [0.1, 0.15) is 18.4 Å². The van der Waals surface area contributed by atoms with Crippen LogP contribution in [0.5, 0.6) is 0 Å². The molecule has 0 saturated carbocycles. The monoisotopic (exact) mass is 472 g/mol. The lowest BCUT2D eigenvalue weighted by Crippen LogP contribution is -2.31. The number of hydrogen-bond acceptors (Lipinski definition) is 5. The Balaban J connectivity index is 1.95. The molecular weight excluding hydrogens is 456 g/mol. The van der Waals surface area contributed by atoms with E-state index < -0.39 is 0 Å². The fourth-order valence-corrected chi connectivity index (χ4v) is 4.22. The van der Waals surface area contributed by atoms with Gasteiger partial charge in [-0.25, -0.2) is 0 Å². The molecule has 3 aromatic rings. The zero-order chi connectivity index (χ0) is 20.4. The van der Waals surface area contributed by atoms with Crippen LogP contribution in [-0.2, 0) is 0 Å². The van der Waals surface area contributed by atoms with Crippen LogP contribution in [0, 0.1) is 0 Å². The molecule has 1 saturated heterocycles. The maximum Gasteiger partial charge on any atom is 0.295 e. The molecule has 8 heteroatoms. The molecule has 0 unspecified atom stereocenters. The van der Waals surface area contributed by atoms with Crippen molar-refractivity contribution in [3.05, 3.63) is 73.9 Å². The van der Waals surface area contributed by atoms with E-state index in [-0.39, 0.29) is 5.56 Å². The van der Waals surface area contributed by atoms with Gasteiger partial charge in [0.2, 0.25) is 0 Å². The molecule has 0 atom stereocenters. The fourth-order valence-electron chi connectivity index (χ4n) is 3.50. The van der Waals surface area contributed by atoms with Crippen LogP contribution in [0.15, 0.2) is 63.0 Å². The summed E-state index contributed by atoms with van der Waals surface area (Å²) in [6.45, 7) is 1.67. The highest BCUT2D eigenvalue weighted by molar-refractivity contribution is 9.10. The van der Waals surface area contributed by atoms with Crippen molar-refractivity contribution in [2.45, 2.75) is 12.8 Å². The average molecular weight is 474 g/mol. The Morgan fingerprint density at radius 3 is 2.59 bits per heavy atom. The quantitative estimate of drug-likeness (QED) is 0.338. The van der Waals surface area contributed by atoms with Gasteiger partial charge in [0.15, 0.2) is 0 Å². The summed E-state index contributed by atoms with van der Waals surface area (Å²) in [5, 5.41) is 17.1. The summed E-state index contributed by atoms with van der Waals surface area (Å²) in [6.07, 6.45) is 3.45. The second kappa shape index (κ2) is 8.39. The number of benzene rings is 2. The molecule has 2 aromatic carbocycles. The maximum atomic E-state index is 13.3. The lowest BCUT2D eigenvalue weighted by atomic mass is 10.1. The van der Waals surface area contributed by atoms with Crippen molar-refractivity contribution in [1.82, 2.24) is 9.78 Å². The van der Waals surface area contributed by atoms with Gasteiger partial charge >= 0.3 is 0 Å². The molecule has 0 aliphatic carbocycles. The molecule has 1 aromatic heterocycles. The highest BCUT2D eigenvalue weighted by atomic mass is 79.9. The van der Waals surface area contributed by atoms with Crippen LogP contribution in [0.4, 0.5) is 5.69 Å². The molecule has 2 heterocycles. The molecule has 29 heavy (non-hydrogen) atoms. The zero-order valence-electron chi connectivity index (χ0n) is 15.4. The van der Waals surface area contributed by atoms with Gasteiger partial charge < -0.3 is 10.1 Å². The van der Waals surface area contributed by atoms with E-state index in [9.17, 15) is 4.79 Å². The lowest BCUT2D eigenvalue weighted by molar-refractivity contribution is 0.322. The Labute approximate surface area is 181 Å². The van der Waals surface area contributed by atoms with Crippen molar-refractivity contribution in [2.75, 3.05) is 18.0 Å². The van der Waals surface area contributed by atoms with Gasteiger partial charge in [-0.15, -0.1) is 0 Å². The Kier molecular flexibility index (Phi) is 5.69. The van der Waals surface area contributed by atoms with Crippen LogP contribution in [0.25, 0.3) is 16.9 Å². The first kappa shape index (κ1) is 19.7. The SMILES string of the molecule is O=c1c(N2CCCC2)cc(-c2cc(Br)cc(/C=N/O)c2)nn1-c1ccccc1Cl. The van der Waals surface area contributed by atoms with E-state index in [1.165, 1.54) is 10.9 Å². The standard InChI is InChI=1S/C21H18BrClN4O2/c22-16-10-14(13-24-29)9-15(11-16)18-12-20(26-7-3-4-8-26)21(28)27(25-18)19-6-2-1-5-17(19)23/h1-2,5-6,9-13,29H,3-4,7-8H2/b24-13+. The highest BCUT2D eigenvalue weighted by Gasteiger charge is 2.20. The minimum absolute atomic E-state index is 0.198. The van der Waals surface area contributed by atoms with Gasteiger partial charge in [0.25, 0.3) is 5.56 Å². The lowest BCUT2D eigenvalue weighted by Gasteiger charge is -2.19. The van der Waals surface area contributed by atoms with E-state index in [2.05, 4.69) is 31.1 Å². The van der Waals surface area contributed by atoms with Crippen molar-refractivity contribution in [3.63, 3.8) is 0 Å². The van der Waals surface area contributed by atoms with Crippen molar-refractivity contribution >= 4 is 39.4 Å². The van der Waals surface area contributed by atoms with Gasteiger partial charge in [0, 0.05) is 23.1 Å². The Morgan fingerprint density at radius 1 is 1.10 bits per heavy atom. The predicted molar refractivity (Wildman–Crippen MR) is 119 cm³/mol. The fraction of sp³-hybridized carbons (Fsp3) is 0.190. The van der Waals surface area contributed by atoms with Crippen LogP contribution in [0.3, 0.4) is 0 Å². The molecule has 0 radical (unpaired) electrons. The molecule has 1 aliphatic rings. The van der Waals surface area contributed by atoms with E-state index in [4.69, 9.17) is 16.8 Å². The van der Waals surface area contributed by atoms with E-state index in [1.807, 2.05) is 36.4 Å². The molecule has 148 valence electrons. The molecule has 1 aliphatic heterocycles. The third kappa shape index (κ3) is 4.06. The number of hydrogen-bond donors (Lipinski definition) is 1. The van der Waals surface area contributed by atoms with Gasteiger partial charge in [0.1, 0.15) is 5.69 Å². The minimum atomic E-state index is -0.198. The van der Waals surface area contributed by atoms with Crippen molar-refractivity contribution in [2.24, 2.45) is 5.16 Å². The number of halogens is 2. The summed E-state index contributed by atoms with van der Waals surface area (Å²) in [6, 6.07) is 14.6. The van der Waals surface area contributed by atoms with Crippen molar-refractivity contribution in [3.8, 4) is 16.9 Å². The van der Waals surface area contributed by atoms with Gasteiger partial charge in [-0.1, -0.05) is 44.8 Å². The van der Waals surface area contributed by atoms with Crippen molar-refractivity contribution < 1.29 is 5.21 Å². The summed E-state index contributed by atoms with van der Waals surface area (Å²) in [5.41, 5.74) is 3.06. The number of aromatic nitrogens is 2. The maximum absolute atomic E-state index is 13.3. The smallest absolute Gasteiger partial charge is 0.295 e. The molecule has 0 bridgehead atoms. The molecule has 1 fully saturated rings. The molecular formula is C21H18BrClN4O2. The normalized spacial score (nSPS) is 14.1. The Morgan fingerprint density at radius 2 is 1.86 bits per heavy atom. The number of rotatable bonds is 4. The van der Waals surface area contributed by atoms with E-state index in [0.29, 0.717) is 27.7 Å². The minimum Gasteiger partial charge on any atom is -0.411 e. The molecule has 0 spiro atoms. The topological polar surface area (TPSA) is 70.7 Å². The molecule has 6 nitrogen and oxygen atoms in total. The molecule has 4 rings (SSSR count). The third-order valence-electron chi connectivity index (χ3n) is 4.84. The first-order valence-electron chi connectivity index (χ1n) is 9.19. The summed E-state index contributed by atoms with van der Waals surface area (Å²) in [4.78, 5) is 15.4. The van der Waals surface area contributed by atoms with Gasteiger partial charge in [0.05, 0.1) is 22.6 Å². The average Bonchev–Trinajstić information content (AvgIpc) is 3.23. The van der Waals surface area contributed by atoms with E-state index in [0.717, 1.165) is 36.0 Å². The van der Waals surface area contributed by atoms with Gasteiger partial charge in [-0.3, -0.25) is 4.79 Å². The van der Waals surface area contributed by atoms with Crippen LogP contribution in [0.2, 0.25) is 5.02 Å². The molecule has 1 N–H and O–H groups in total. The van der Waals surface area contributed by atoms with Crippen LogP contribution < -0.4 is 10.5 Å². The second-order valence-electron chi connectivity index (χ2n) is 6.80. The predicted octanol–water partition coefficient (Wildman–Crippen LogP) is 4.72. The summed E-state index contributed by atoms with van der Waals surface area (Å²) in [5.74, 6) is 0. The van der Waals surface area contributed by atoms with E-state index in [1.54, 1.807) is 12.1 Å². The number of anilines is 1. The zero-order valence-corrected chi connectivity index (χ0v) is 17.8. The summed E-state index contributed by atoms with van der Waals surface area (Å²) < 4.78 is 2.18. The van der Waals surface area contributed by atoms with Gasteiger partial charge in [-0.2, -0.15) is 9.78 Å². The number of oxime groups is 1. The number of nitrogens with zero attached hydrogens (tertiary/aromatic N) is 4. The van der Waals surface area contributed by atoms with Crippen LogP contribution >= 0.6 is 27.5 Å². The van der Waals surface area contributed by atoms with Crippen molar-refractivity contribution in [1.29, 1.82) is 0 Å². The summed E-state index contributed by atoms with van der Waals surface area (Å²) in [7, 11) is 0. The second-order valence-corrected chi connectivity index (χ2v) is 8.12. The van der Waals surface area contributed by atoms with Gasteiger partial charge in [-0.05, 0) is 54.8 Å². The molecule has 0 amide bonds. The highest BCUT2D eigenvalue weighted by Crippen LogP contribution is 2.28. The van der Waals surface area contributed by atoms with E-state index >= 15 is 0 Å². The largest absolute Gasteiger partial charge is 0.411 e.